The summed E-state index contributed by atoms with van der Waals surface area (Å²) in [4.78, 5) is 40.6. The van der Waals surface area contributed by atoms with Crippen LogP contribution >= 0.6 is 7.60 Å². The van der Waals surface area contributed by atoms with E-state index in [2.05, 4.69) is 5.32 Å². The van der Waals surface area contributed by atoms with Gasteiger partial charge in [-0.25, -0.2) is 4.79 Å². The van der Waals surface area contributed by atoms with Crippen LogP contribution in [0.4, 0.5) is 4.79 Å². The molecule has 2 unspecified atom stereocenters. The van der Waals surface area contributed by atoms with Crippen LogP contribution in [0.2, 0.25) is 0 Å². The number of carbonyl (C=O) groups excluding carboxylic acids is 2. The Kier molecular flexibility index (Phi) is 3.15. The number of nitrogens with one attached hydrogen (secondary N) is 2. The molecule has 4 N–H and O–H groups in total. The lowest BCUT2D eigenvalue weighted by molar-refractivity contribution is -0.122. The van der Waals surface area contributed by atoms with Crippen molar-refractivity contribution in [3.8, 4) is 0 Å². The number of rotatable bonds is 3. The van der Waals surface area contributed by atoms with E-state index in [-0.39, 0.29) is 0 Å². The van der Waals surface area contributed by atoms with Crippen molar-refractivity contribution in [3.63, 3.8) is 0 Å². The first kappa shape index (κ1) is 13.2. The Balaban J connectivity index is 2.98. The van der Waals surface area contributed by atoms with Gasteiger partial charge >= 0.3 is 13.6 Å². The van der Waals surface area contributed by atoms with Gasteiger partial charge in [-0.2, -0.15) is 0 Å². The fourth-order valence-corrected chi connectivity index (χ4v) is 2.63. The van der Waals surface area contributed by atoms with Gasteiger partial charge in [0.2, 0.25) is 0 Å². The molecule has 0 aromatic carbocycles. The topological polar surface area (TPSA) is 116 Å². The molecule has 8 heteroatoms. The van der Waals surface area contributed by atoms with E-state index >= 15 is 0 Å². The maximum absolute atomic E-state index is 11.4. The quantitative estimate of drug-likeness (QED) is 0.408. The second kappa shape index (κ2) is 3.84. The van der Waals surface area contributed by atoms with Gasteiger partial charge in [0.15, 0.2) is 0 Å². The highest BCUT2D eigenvalue weighted by Gasteiger charge is 2.49. The molecule has 7 nitrogen and oxygen atoms in total. The van der Waals surface area contributed by atoms with Crippen LogP contribution in [0.25, 0.3) is 0 Å². The van der Waals surface area contributed by atoms with Gasteiger partial charge in [0.25, 0.3) is 5.91 Å². The molecule has 0 aromatic rings. The smallest absolute Gasteiger partial charge is 0.325 e. The predicted molar refractivity (Wildman–Crippen MR) is 55.7 cm³/mol. The third-order valence-corrected chi connectivity index (χ3v) is 4.77. The van der Waals surface area contributed by atoms with Crippen LogP contribution in [0, 0.1) is 5.41 Å². The van der Waals surface area contributed by atoms with Crippen LogP contribution < -0.4 is 10.6 Å². The van der Waals surface area contributed by atoms with Crippen LogP contribution in [-0.2, 0) is 9.36 Å². The largest absolute Gasteiger partial charge is 0.328 e. The molecule has 1 saturated heterocycles. The highest BCUT2D eigenvalue weighted by molar-refractivity contribution is 7.52. The minimum atomic E-state index is -4.31. The summed E-state index contributed by atoms with van der Waals surface area (Å²) in [5.41, 5.74) is -2.07. The van der Waals surface area contributed by atoms with Crippen LogP contribution in [0.1, 0.15) is 20.8 Å². The van der Waals surface area contributed by atoms with Crippen molar-refractivity contribution in [1.82, 2.24) is 10.6 Å². The molecule has 92 valence electrons. The van der Waals surface area contributed by atoms with Gasteiger partial charge in [-0.1, -0.05) is 20.8 Å². The molecule has 2 atom stereocenters. The predicted octanol–water partition coefficient (Wildman–Crippen LogP) is -0.213. The van der Waals surface area contributed by atoms with Gasteiger partial charge in [-0.3, -0.25) is 14.7 Å². The van der Waals surface area contributed by atoms with Crippen molar-refractivity contribution in [3.05, 3.63) is 0 Å². The molecule has 0 saturated carbocycles. The number of hydrogen-bond donors (Lipinski definition) is 4. The number of imide groups is 1. The summed E-state index contributed by atoms with van der Waals surface area (Å²) < 4.78 is 11.2. The van der Waals surface area contributed by atoms with E-state index in [1.807, 2.05) is 5.32 Å². The SMILES string of the molecule is CC(C(C)(C)C1NC(=O)NC1=O)P(=O)(O)O. The standard InChI is InChI=1S/C8H15N2O5P/c1-4(16(13,14)15)8(2,3)5-6(11)10-7(12)9-5/h4-5H,1-3H3,(H2,13,14,15)(H2,9,10,11,12). The summed E-state index contributed by atoms with van der Waals surface area (Å²) in [6.45, 7) is 4.43. The van der Waals surface area contributed by atoms with Gasteiger partial charge in [0.05, 0.1) is 5.66 Å². The molecule has 3 amide bonds. The highest BCUT2D eigenvalue weighted by Crippen LogP contribution is 2.50. The summed E-state index contributed by atoms with van der Waals surface area (Å²) >= 11 is 0. The summed E-state index contributed by atoms with van der Waals surface area (Å²) in [5, 5.41) is 4.39. The van der Waals surface area contributed by atoms with E-state index in [1.165, 1.54) is 20.8 Å². The lowest BCUT2D eigenvalue weighted by Gasteiger charge is -2.35. The number of urea groups is 1. The van der Waals surface area contributed by atoms with Crippen molar-refractivity contribution in [1.29, 1.82) is 0 Å². The fourth-order valence-electron chi connectivity index (χ4n) is 1.62. The fraction of sp³-hybridized carbons (Fsp3) is 0.750. The van der Waals surface area contributed by atoms with Crippen LogP contribution in [-0.4, -0.2) is 33.4 Å². The zero-order chi connectivity index (χ0) is 12.7. The molecule has 1 aliphatic rings. The maximum atomic E-state index is 11.4. The molecule has 0 bridgehead atoms. The molecule has 0 aromatic heterocycles. The lowest BCUT2D eigenvalue weighted by Crippen LogP contribution is -2.48. The lowest BCUT2D eigenvalue weighted by atomic mass is 9.81. The molecule has 16 heavy (non-hydrogen) atoms. The average molecular weight is 250 g/mol. The Morgan fingerprint density at radius 2 is 1.88 bits per heavy atom. The molecule has 1 rings (SSSR count). The first-order valence-corrected chi connectivity index (χ1v) is 6.41. The first-order valence-electron chi connectivity index (χ1n) is 4.73. The van der Waals surface area contributed by atoms with Crippen molar-refractivity contribution in [2.75, 3.05) is 0 Å². The van der Waals surface area contributed by atoms with Gasteiger partial charge in [0.1, 0.15) is 6.04 Å². The molecule has 0 radical (unpaired) electrons. The maximum Gasteiger partial charge on any atom is 0.328 e. The molecule has 1 heterocycles. The third kappa shape index (κ3) is 2.26. The monoisotopic (exact) mass is 250 g/mol. The highest BCUT2D eigenvalue weighted by atomic mass is 31.2. The normalized spacial score (nSPS) is 23.9. The van der Waals surface area contributed by atoms with E-state index in [1.54, 1.807) is 0 Å². The Hall–Kier alpha value is -0.910. The molecule has 0 spiro atoms. The van der Waals surface area contributed by atoms with Gasteiger partial charge in [0, 0.05) is 5.41 Å². The Bertz CT molecular complexity index is 375. The number of carbonyl (C=O) groups is 2. The van der Waals surface area contributed by atoms with E-state index in [0.717, 1.165) is 0 Å². The Morgan fingerprint density at radius 1 is 1.38 bits per heavy atom. The number of hydrogen-bond acceptors (Lipinski definition) is 3. The van der Waals surface area contributed by atoms with E-state index < -0.39 is 36.6 Å². The van der Waals surface area contributed by atoms with Gasteiger partial charge in [-0.05, 0) is 0 Å². The Morgan fingerprint density at radius 3 is 2.19 bits per heavy atom. The second-order valence-electron chi connectivity index (χ2n) is 4.48. The van der Waals surface area contributed by atoms with Gasteiger partial charge < -0.3 is 15.1 Å². The summed E-state index contributed by atoms with van der Waals surface area (Å²) in [7, 11) is -4.31. The molecular weight excluding hydrogens is 235 g/mol. The van der Waals surface area contributed by atoms with E-state index in [9.17, 15) is 14.2 Å². The van der Waals surface area contributed by atoms with Crippen molar-refractivity contribution >= 4 is 19.5 Å². The zero-order valence-electron chi connectivity index (χ0n) is 9.22. The summed E-state index contributed by atoms with van der Waals surface area (Å²) in [6, 6.07) is -1.57. The molecule has 1 fully saturated rings. The minimum absolute atomic E-state index is 0.560. The average Bonchev–Trinajstić information content (AvgIpc) is 2.43. The third-order valence-electron chi connectivity index (χ3n) is 3.10. The molecular formula is C8H15N2O5P. The van der Waals surface area contributed by atoms with Crippen LogP contribution in [0.3, 0.4) is 0 Å². The van der Waals surface area contributed by atoms with Crippen LogP contribution in [0.5, 0.6) is 0 Å². The number of amides is 3. The minimum Gasteiger partial charge on any atom is -0.325 e. The van der Waals surface area contributed by atoms with E-state index in [0.29, 0.717) is 0 Å². The second-order valence-corrected chi connectivity index (χ2v) is 6.43. The van der Waals surface area contributed by atoms with Crippen molar-refractivity contribution < 1.29 is 23.9 Å². The molecule has 1 aliphatic heterocycles. The first-order chi connectivity index (χ1) is 7.06. The van der Waals surface area contributed by atoms with Crippen LogP contribution in [0.15, 0.2) is 0 Å². The summed E-state index contributed by atoms with van der Waals surface area (Å²) in [5.74, 6) is -0.560. The zero-order valence-corrected chi connectivity index (χ0v) is 10.1. The van der Waals surface area contributed by atoms with E-state index in [4.69, 9.17) is 9.79 Å². The van der Waals surface area contributed by atoms with Crippen molar-refractivity contribution in [2.45, 2.75) is 32.5 Å². The van der Waals surface area contributed by atoms with Gasteiger partial charge in [-0.15, -0.1) is 0 Å². The molecule has 0 aliphatic carbocycles. The summed E-state index contributed by atoms with van der Waals surface area (Å²) in [6.07, 6.45) is 0. The van der Waals surface area contributed by atoms with Crippen molar-refractivity contribution in [2.24, 2.45) is 5.41 Å². The Labute approximate surface area is 92.8 Å².